The molecule has 0 saturated carbocycles. The van der Waals surface area contributed by atoms with E-state index >= 15 is 0 Å². The lowest BCUT2D eigenvalue weighted by atomic mass is 9.92. The number of benzene rings is 2. The van der Waals surface area contributed by atoms with Crippen molar-refractivity contribution in [2.24, 2.45) is 5.73 Å². The number of alkyl halides is 3. The van der Waals surface area contributed by atoms with Crippen molar-refractivity contribution in [1.29, 1.82) is 0 Å². The van der Waals surface area contributed by atoms with Crippen molar-refractivity contribution in [2.45, 2.75) is 32.5 Å². The highest BCUT2D eigenvalue weighted by atomic mass is 35.5. The second kappa shape index (κ2) is 9.65. The van der Waals surface area contributed by atoms with Crippen LogP contribution in [0.15, 0.2) is 24.3 Å². The summed E-state index contributed by atoms with van der Waals surface area (Å²) in [6, 6.07) is 2.93. The fourth-order valence-corrected chi connectivity index (χ4v) is 3.14. The number of rotatable bonds is 5. The summed E-state index contributed by atoms with van der Waals surface area (Å²) < 4.78 is 59.4. The van der Waals surface area contributed by atoms with Crippen molar-refractivity contribution >= 4 is 30.0 Å². The monoisotopic (exact) mass is 455 g/mol. The molecule has 4 nitrogen and oxygen atoms in total. The van der Waals surface area contributed by atoms with E-state index in [4.69, 9.17) is 22.1 Å². The number of carbonyl (C=O) groups excluding carboxylic acids is 1. The number of aryl methyl sites for hydroxylation is 1. The van der Waals surface area contributed by atoms with Gasteiger partial charge in [-0.15, -0.1) is 12.4 Å². The van der Waals surface area contributed by atoms with Gasteiger partial charge in [-0.3, -0.25) is 4.79 Å². The van der Waals surface area contributed by atoms with E-state index in [-0.39, 0.29) is 40.9 Å². The smallest absolute Gasteiger partial charge is 0.419 e. The van der Waals surface area contributed by atoms with Gasteiger partial charge in [-0.05, 0) is 49.2 Å². The third kappa shape index (κ3) is 5.74. The molecule has 2 aromatic carbocycles. The third-order valence-corrected chi connectivity index (χ3v) is 4.28. The number of carbonyl (C=O) groups is 1. The SMILES string of the molecule is CCOC(=O)C[C@H](N)c1cc(-c2c(C)cc(Cl)cc2O)cc(C(F)(F)F)c1F.Cl. The van der Waals surface area contributed by atoms with E-state index in [2.05, 4.69) is 0 Å². The molecule has 29 heavy (non-hydrogen) atoms. The Hall–Kier alpha value is -2.03. The van der Waals surface area contributed by atoms with Gasteiger partial charge in [0, 0.05) is 22.2 Å². The van der Waals surface area contributed by atoms with Crippen molar-refractivity contribution in [3.8, 4) is 16.9 Å². The molecule has 0 aliphatic carbocycles. The van der Waals surface area contributed by atoms with Gasteiger partial charge in [0.15, 0.2) is 0 Å². The van der Waals surface area contributed by atoms with E-state index in [0.717, 1.165) is 6.07 Å². The summed E-state index contributed by atoms with van der Waals surface area (Å²) in [5.74, 6) is -2.70. The number of aromatic hydroxyl groups is 1. The predicted molar refractivity (Wildman–Crippen MR) is 104 cm³/mol. The highest BCUT2D eigenvalue weighted by Gasteiger charge is 2.37. The number of phenols is 1. The molecule has 0 radical (unpaired) electrons. The van der Waals surface area contributed by atoms with E-state index in [1.165, 1.54) is 19.1 Å². The lowest BCUT2D eigenvalue weighted by molar-refractivity contribution is -0.143. The van der Waals surface area contributed by atoms with E-state index in [1.807, 2.05) is 0 Å². The molecular weight excluding hydrogens is 437 g/mol. The number of ether oxygens (including phenoxy) is 1. The summed E-state index contributed by atoms with van der Waals surface area (Å²) in [6.07, 6.45) is -5.51. The van der Waals surface area contributed by atoms with E-state index in [0.29, 0.717) is 11.6 Å². The highest BCUT2D eigenvalue weighted by molar-refractivity contribution is 6.31. The number of halogens is 6. The van der Waals surface area contributed by atoms with Gasteiger partial charge < -0.3 is 15.6 Å². The largest absolute Gasteiger partial charge is 0.507 e. The van der Waals surface area contributed by atoms with E-state index < -0.39 is 41.6 Å². The van der Waals surface area contributed by atoms with E-state index in [9.17, 15) is 27.5 Å². The molecule has 0 heterocycles. The van der Waals surface area contributed by atoms with Crippen LogP contribution >= 0.6 is 24.0 Å². The first-order valence-corrected chi connectivity index (χ1v) is 8.64. The zero-order valence-corrected chi connectivity index (χ0v) is 17.0. The van der Waals surface area contributed by atoms with Gasteiger partial charge in [-0.1, -0.05) is 11.6 Å². The van der Waals surface area contributed by atoms with Gasteiger partial charge in [-0.25, -0.2) is 4.39 Å². The number of esters is 1. The summed E-state index contributed by atoms with van der Waals surface area (Å²) in [5, 5.41) is 10.4. The van der Waals surface area contributed by atoms with Gasteiger partial charge >= 0.3 is 12.1 Å². The van der Waals surface area contributed by atoms with Crippen molar-refractivity contribution < 1.29 is 32.2 Å². The number of hydrogen-bond acceptors (Lipinski definition) is 4. The minimum absolute atomic E-state index is 0. The molecule has 0 fully saturated rings. The fraction of sp³-hybridized carbons (Fsp3) is 0.316. The van der Waals surface area contributed by atoms with Crippen LogP contribution < -0.4 is 5.73 Å². The fourth-order valence-electron chi connectivity index (χ4n) is 2.88. The van der Waals surface area contributed by atoms with Crippen LogP contribution in [0.2, 0.25) is 5.02 Å². The Labute approximate surface area is 176 Å². The zero-order chi connectivity index (χ0) is 21.2. The molecule has 1 atom stereocenters. The van der Waals surface area contributed by atoms with Crippen molar-refractivity contribution in [2.75, 3.05) is 6.61 Å². The molecule has 0 aromatic heterocycles. The molecule has 0 saturated heterocycles. The van der Waals surface area contributed by atoms with Crippen LogP contribution in [0.3, 0.4) is 0 Å². The number of hydrogen-bond donors (Lipinski definition) is 2. The number of phenolic OH excluding ortho intramolecular Hbond substituents is 1. The molecule has 3 N–H and O–H groups in total. The van der Waals surface area contributed by atoms with Gasteiger partial charge in [-0.2, -0.15) is 13.2 Å². The highest BCUT2D eigenvalue weighted by Crippen LogP contribution is 2.41. The molecule has 0 spiro atoms. The first-order valence-electron chi connectivity index (χ1n) is 8.27. The Bertz CT molecular complexity index is 881. The van der Waals surface area contributed by atoms with Gasteiger partial charge in [0.1, 0.15) is 11.6 Å². The lowest BCUT2D eigenvalue weighted by Crippen LogP contribution is -2.20. The summed E-state index contributed by atoms with van der Waals surface area (Å²) in [4.78, 5) is 11.6. The predicted octanol–water partition coefficient (Wildman–Crippen LogP) is 5.55. The summed E-state index contributed by atoms with van der Waals surface area (Å²) in [5.41, 5.74) is 4.08. The molecule has 2 rings (SSSR count). The van der Waals surface area contributed by atoms with Gasteiger partial charge in [0.05, 0.1) is 18.6 Å². The van der Waals surface area contributed by atoms with Crippen LogP contribution in [-0.4, -0.2) is 17.7 Å². The van der Waals surface area contributed by atoms with Crippen molar-refractivity contribution in [3.63, 3.8) is 0 Å². The molecule has 0 aliphatic rings. The average Bonchev–Trinajstić information content (AvgIpc) is 2.54. The molecule has 0 aliphatic heterocycles. The maximum Gasteiger partial charge on any atom is 0.419 e. The van der Waals surface area contributed by atoms with Crippen LogP contribution in [0.1, 0.15) is 36.1 Å². The normalized spacial score (nSPS) is 12.3. The summed E-state index contributed by atoms with van der Waals surface area (Å²) >= 11 is 5.84. The van der Waals surface area contributed by atoms with Crippen LogP contribution in [0.5, 0.6) is 5.75 Å². The minimum atomic E-state index is -5.01. The Morgan fingerprint density at radius 2 is 1.90 bits per heavy atom. The number of nitrogens with two attached hydrogens (primary N) is 1. The Kier molecular flexibility index (Phi) is 8.32. The zero-order valence-electron chi connectivity index (χ0n) is 15.4. The quantitative estimate of drug-likeness (QED) is 0.457. The Morgan fingerprint density at radius 1 is 1.28 bits per heavy atom. The molecule has 0 bridgehead atoms. The van der Waals surface area contributed by atoms with Crippen LogP contribution in [0, 0.1) is 12.7 Å². The summed E-state index contributed by atoms with van der Waals surface area (Å²) in [7, 11) is 0. The molecule has 10 heteroatoms. The first-order chi connectivity index (χ1) is 13.0. The maximum atomic E-state index is 14.6. The van der Waals surface area contributed by atoms with Crippen LogP contribution in [0.4, 0.5) is 17.6 Å². The molecule has 0 amide bonds. The molecule has 0 unspecified atom stereocenters. The van der Waals surface area contributed by atoms with Gasteiger partial charge in [0.25, 0.3) is 0 Å². The first kappa shape index (κ1) is 25.0. The standard InChI is InChI=1S/C19H18ClF4NO3.ClH/c1-3-28-16(27)8-14(25)12-5-10(6-13(18(12)21)19(22,23)24)17-9(2)4-11(20)7-15(17)26;/h4-7,14,26H,3,8,25H2,1-2H3;1H/t14-;/m0./s1. The van der Waals surface area contributed by atoms with Crippen molar-refractivity contribution in [3.05, 3.63) is 51.8 Å². The molecular formula is C19H19Cl2F4NO3. The Morgan fingerprint density at radius 3 is 2.41 bits per heavy atom. The van der Waals surface area contributed by atoms with Crippen LogP contribution in [-0.2, 0) is 15.7 Å². The second-order valence-corrected chi connectivity index (χ2v) is 6.59. The minimum Gasteiger partial charge on any atom is -0.507 e. The molecule has 160 valence electrons. The van der Waals surface area contributed by atoms with Crippen LogP contribution in [0.25, 0.3) is 11.1 Å². The summed E-state index contributed by atoms with van der Waals surface area (Å²) in [6.45, 7) is 3.15. The van der Waals surface area contributed by atoms with Gasteiger partial charge in [0.2, 0.25) is 0 Å². The Balaban J connectivity index is 0.00000420. The topological polar surface area (TPSA) is 72.5 Å². The van der Waals surface area contributed by atoms with E-state index in [1.54, 1.807) is 6.92 Å². The molecule has 2 aromatic rings. The lowest BCUT2D eigenvalue weighted by Gasteiger charge is -2.19. The average molecular weight is 456 g/mol. The maximum absolute atomic E-state index is 14.6. The van der Waals surface area contributed by atoms with Crippen molar-refractivity contribution in [1.82, 2.24) is 0 Å². The third-order valence-electron chi connectivity index (χ3n) is 4.07. The second-order valence-electron chi connectivity index (χ2n) is 6.16.